The first-order chi connectivity index (χ1) is 3.93. The average molecular weight is 112 g/mol. The summed E-state index contributed by atoms with van der Waals surface area (Å²) in [5.41, 5.74) is 1.58. The molecule has 0 heterocycles. The van der Waals surface area contributed by atoms with E-state index in [-0.39, 0.29) is 0 Å². The van der Waals surface area contributed by atoms with Crippen LogP contribution in [0.3, 0.4) is 0 Å². The van der Waals surface area contributed by atoms with Crippen molar-refractivity contribution in [2.24, 2.45) is 0 Å². The van der Waals surface area contributed by atoms with Crippen LogP contribution in [-0.2, 0) is 0 Å². The van der Waals surface area contributed by atoms with E-state index in [9.17, 15) is 0 Å². The zero-order valence-electron chi connectivity index (χ0n) is 5.06. The Morgan fingerprint density at radius 2 is 2.25 bits per heavy atom. The smallest absolute Gasteiger partial charge is 0.0433 e. The van der Waals surface area contributed by atoms with E-state index in [4.69, 9.17) is 5.11 Å². The molecule has 0 bridgehead atoms. The number of aliphatic hydroxyl groups excluding tert-OH is 1. The monoisotopic (exact) mass is 112 g/mol. The van der Waals surface area contributed by atoms with Gasteiger partial charge in [-0.2, -0.15) is 0 Å². The van der Waals surface area contributed by atoms with Crippen molar-refractivity contribution in [2.75, 3.05) is 6.61 Å². The molecule has 46 valence electrons. The largest absolute Gasteiger partial charge is 0.396 e. The molecule has 0 saturated heterocycles. The standard InChI is InChI=1S/C7H12O/c8-6-2-1-3-7-4-5-7/h3,8H,1-2,4-6H2. The summed E-state index contributed by atoms with van der Waals surface area (Å²) < 4.78 is 0. The molecule has 0 aromatic rings. The van der Waals surface area contributed by atoms with E-state index < -0.39 is 0 Å². The van der Waals surface area contributed by atoms with Crippen LogP contribution < -0.4 is 0 Å². The third-order valence-electron chi connectivity index (χ3n) is 1.33. The molecule has 0 atom stereocenters. The van der Waals surface area contributed by atoms with Crippen molar-refractivity contribution in [3.8, 4) is 0 Å². The summed E-state index contributed by atoms with van der Waals surface area (Å²) in [6.45, 7) is 0.337. The molecule has 8 heavy (non-hydrogen) atoms. The van der Waals surface area contributed by atoms with Crippen LogP contribution >= 0.6 is 0 Å². The zero-order valence-corrected chi connectivity index (χ0v) is 5.06. The van der Waals surface area contributed by atoms with Gasteiger partial charge in [0, 0.05) is 6.61 Å². The van der Waals surface area contributed by atoms with Crippen LogP contribution in [0.2, 0.25) is 0 Å². The van der Waals surface area contributed by atoms with Gasteiger partial charge in [-0.25, -0.2) is 0 Å². The van der Waals surface area contributed by atoms with Crippen molar-refractivity contribution >= 4 is 0 Å². The molecule has 0 aromatic carbocycles. The van der Waals surface area contributed by atoms with E-state index in [1.54, 1.807) is 5.57 Å². The molecule has 0 aromatic heterocycles. The minimum Gasteiger partial charge on any atom is -0.396 e. The molecule has 1 saturated carbocycles. The van der Waals surface area contributed by atoms with Crippen LogP contribution in [0.25, 0.3) is 0 Å². The van der Waals surface area contributed by atoms with E-state index in [2.05, 4.69) is 6.08 Å². The topological polar surface area (TPSA) is 20.2 Å². The summed E-state index contributed by atoms with van der Waals surface area (Å²) in [6.07, 6.45) is 6.88. The number of hydrogen-bond acceptors (Lipinski definition) is 1. The molecule has 1 N–H and O–H groups in total. The number of unbranched alkanes of at least 4 members (excludes halogenated alkanes) is 1. The summed E-state index contributed by atoms with van der Waals surface area (Å²) in [6, 6.07) is 0. The quantitative estimate of drug-likeness (QED) is 0.433. The number of hydrogen-bond donors (Lipinski definition) is 1. The fourth-order valence-electron chi connectivity index (χ4n) is 0.674. The van der Waals surface area contributed by atoms with Gasteiger partial charge in [-0.05, 0) is 25.7 Å². The van der Waals surface area contributed by atoms with Crippen LogP contribution in [0, 0.1) is 0 Å². The predicted molar refractivity (Wildman–Crippen MR) is 33.6 cm³/mol. The fraction of sp³-hybridized carbons (Fsp3) is 0.714. The molecule has 0 amide bonds. The third-order valence-corrected chi connectivity index (χ3v) is 1.33. The highest BCUT2D eigenvalue weighted by atomic mass is 16.2. The minimum atomic E-state index is 0.337. The van der Waals surface area contributed by atoms with Gasteiger partial charge in [-0.15, -0.1) is 0 Å². The van der Waals surface area contributed by atoms with Gasteiger partial charge in [0.2, 0.25) is 0 Å². The number of allylic oxidation sites excluding steroid dienone is 2. The fourth-order valence-corrected chi connectivity index (χ4v) is 0.674. The average Bonchev–Trinajstić information content (AvgIpc) is 2.51. The minimum absolute atomic E-state index is 0.337. The lowest BCUT2D eigenvalue weighted by Crippen LogP contribution is -1.77. The van der Waals surface area contributed by atoms with Gasteiger partial charge < -0.3 is 5.11 Å². The van der Waals surface area contributed by atoms with E-state index in [0.29, 0.717) is 6.61 Å². The molecule has 0 aliphatic heterocycles. The highest BCUT2D eigenvalue weighted by molar-refractivity contribution is 5.15. The summed E-state index contributed by atoms with van der Waals surface area (Å²) in [7, 11) is 0. The predicted octanol–water partition coefficient (Wildman–Crippen LogP) is 1.48. The lowest BCUT2D eigenvalue weighted by molar-refractivity contribution is 0.289. The first-order valence-electron chi connectivity index (χ1n) is 3.22. The van der Waals surface area contributed by atoms with Crippen molar-refractivity contribution in [3.63, 3.8) is 0 Å². The maximum atomic E-state index is 8.37. The molecular formula is C7H12O. The van der Waals surface area contributed by atoms with Crippen LogP contribution in [0.5, 0.6) is 0 Å². The Kier molecular flexibility index (Phi) is 2.10. The molecular weight excluding hydrogens is 100 g/mol. The Hall–Kier alpha value is -0.300. The number of aliphatic hydroxyl groups is 1. The first kappa shape index (κ1) is 5.83. The molecule has 1 nitrogen and oxygen atoms in total. The Bertz CT molecular complexity index is 88.6. The molecule has 0 unspecified atom stereocenters. The van der Waals surface area contributed by atoms with E-state index >= 15 is 0 Å². The van der Waals surface area contributed by atoms with Crippen LogP contribution in [0.15, 0.2) is 11.6 Å². The van der Waals surface area contributed by atoms with E-state index in [1.165, 1.54) is 12.8 Å². The molecule has 1 rings (SSSR count). The lowest BCUT2D eigenvalue weighted by atomic mass is 10.3. The van der Waals surface area contributed by atoms with Gasteiger partial charge in [0.05, 0.1) is 0 Å². The normalized spacial score (nSPS) is 16.4. The Labute approximate surface area is 50.0 Å². The molecule has 0 spiro atoms. The highest BCUT2D eigenvalue weighted by Crippen LogP contribution is 2.27. The first-order valence-corrected chi connectivity index (χ1v) is 3.22. The third kappa shape index (κ3) is 2.12. The van der Waals surface area contributed by atoms with Crippen LogP contribution in [0.4, 0.5) is 0 Å². The van der Waals surface area contributed by atoms with Crippen molar-refractivity contribution in [2.45, 2.75) is 25.7 Å². The summed E-state index contributed by atoms with van der Waals surface area (Å²) in [5, 5.41) is 8.37. The molecule has 1 heteroatoms. The van der Waals surface area contributed by atoms with Gasteiger partial charge in [-0.1, -0.05) is 11.6 Å². The van der Waals surface area contributed by atoms with Crippen molar-refractivity contribution in [1.82, 2.24) is 0 Å². The SMILES string of the molecule is OCCCC=C1CC1. The Balaban J connectivity index is 1.95. The van der Waals surface area contributed by atoms with Crippen molar-refractivity contribution in [3.05, 3.63) is 11.6 Å². The maximum Gasteiger partial charge on any atom is 0.0433 e. The van der Waals surface area contributed by atoms with E-state index in [0.717, 1.165) is 12.8 Å². The van der Waals surface area contributed by atoms with Gasteiger partial charge in [0.15, 0.2) is 0 Å². The van der Waals surface area contributed by atoms with E-state index in [1.807, 2.05) is 0 Å². The second-order valence-electron chi connectivity index (χ2n) is 2.23. The second-order valence-corrected chi connectivity index (χ2v) is 2.23. The van der Waals surface area contributed by atoms with Crippen molar-refractivity contribution < 1.29 is 5.11 Å². The Morgan fingerprint density at radius 1 is 1.50 bits per heavy atom. The zero-order chi connectivity index (χ0) is 5.82. The highest BCUT2D eigenvalue weighted by Gasteiger charge is 2.08. The van der Waals surface area contributed by atoms with Crippen LogP contribution in [0.1, 0.15) is 25.7 Å². The molecule has 1 aliphatic carbocycles. The Morgan fingerprint density at radius 3 is 2.75 bits per heavy atom. The maximum absolute atomic E-state index is 8.37. The van der Waals surface area contributed by atoms with Crippen LogP contribution in [-0.4, -0.2) is 11.7 Å². The summed E-state index contributed by atoms with van der Waals surface area (Å²) in [5.74, 6) is 0. The van der Waals surface area contributed by atoms with Gasteiger partial charge >= 0.3 is 0 Å². The molecule has 1 fully saturated rings. The van der Waals surface area contributed by atoms with Gasteiger partial charge in [0.25, 0.3) is 0 Å². The number of rotatable bonds is 3. The van der Waals surface area contributed by atoms with Gasteiger partial charge in [0.1, 0.15) is 0 Å². The molecule has 0 radical (unpaired) electrons. The van der Waals surface area contributed by atoms with Gasteiger partial charge in [-0.3, -0.25) is 0 Å². The summed E-state index contributed by atoms with van der Waals surface area (Å²) in [4.78, 5) is 0. The molecule has 1 aliphatic rings. The summed E-state index contributed by atoms with van der Waals surface area (Å²) >= 11 is 0. The lowest BCUT2D eigenvalue weighted by Gasteiger charge is -1.84. The second kappa shape index (κ2) is 2.88. The van der Waals surface area contributed by atoms with Crippen molar-refractivity contribution in [1.29, 1.82) is 0 Å².